The second-order valence-electron chi connectivity index (χ2n) is 5.89. The lowest BCUT2D eigenvalue weighted by Gasteiger charge is -2.22. The Bertz CT molecular complexity index is 421. The van der Waals surface area contributed by atoms with Crippen LogP contribution in [0.1, 0.15) is 50.4 Å². The summed E-state index contributed by atoms with van der Waals surface area (Å²) in [6.07, 6.45) is 7.73. The first-order chi connectivity index (χ1) is 8.74. The number of hydrogen-bond donors (Lipinski definition) is 1. The Hall–Kier alpha value is -0.540. The molecule has 0 bridgehead atoms. The highest BCUT2D eigenvalue weighted by molar-refractivity contribution is 6.28. The second kappa shape index (κ2) is 5.22. The van der Waals surface area contributed by atoms with E-state index in [1.54, 1.807) is 0 Å². The van der Waals surface area contributed by atoms with Crippen LogP contribution in [-0.2, 0) is 19.5 Å². The summed E-state index contributed by atoms with van der Waals surface area (Å²) < 4.78 is 2.20. The zero-order valence-electron chi connectivity index (χ0n) is 11.1. The molecule has 1 saturated carbocycles. The molecule has 2 heterocycles. The second-order valence-corrected chi connectivity index (χ2v) is 6.22. The smallest absolute Gasteiger partial charge is 0.203 e. The molecule has 1 aliphatic heterocycles. The molecule has 18 heavy (non-hydrogen) atoms. The van der Waals surface area contributed by atoms with Crippen molar-refractivity contribution < 1.29 is 0 Å². The fourth-order valence-electron chi connectivity index (χ4n) is 3.25. The van der Waals surface area contributed by atoms with Crippen molar-refractivity contribution in [2.45, 2.75) is 64.6 Å². The van der Waals surface area contributed by atoms with E-state index in [0.717, 1.165) is 25.4 Å². The van der Waals surface area contributed by atoms with Gasteiger partial charge in [0.05, 0.1) is 5.69 Å². The highest BCUT2D eigenvalue weighted by Gasteiger charge is 2.23. The summed E-state index contributed by atoms with van der Waals surface area (Å²) in [6, 6.07) is 0.696. The lowest BCUT2D eigenvalue weighted by Crippen LogP contribution is -2.27. The first-order valence-electron chi connectivity index (χ1n) is 7.21. The lowest BCUT2D eigenvalue weighted by molar-refractivity contribution is 0.413. The first kappa shape index (κ1) is 12.5. The maximum atomic E-state index is 6.23. The zero-order chi connectivity index (χ0) is 12.5. The van der Waals surface area contributed by atoms with Gasteiger partial charge in [-0.25, -0.2) is 4.98 Å². The summed E-state index contributed by atoms with van der Waals surface area (Å²) in [4.78, 5) is 4.55. The molecule has 0 amide bonds. The van der Waals surface area contributed by atoms with Gasteiger partial charge < -0.3 is 9.88 Å². The van der Waals surface area contributed by atoms with Gasteiger partial charge in [0.2, 0.25) is 5.28 Å². The Balaban J connectivity index is 1.71. The van der Waals surface area contributed by atoms with Gasteiger partial charge in [-0.15, -0.1) is 0 Å². The molecule has 0 spiro atoms. The van der Waals surface area contributed by atoms with Crippen LogP contribution in [0.25, 0.3) is 0 Å². The van der Waals surface area contributed by atoms with Gasteiger partial charge in [0, 0.05) is 24.8 Å². The van der Waals surface area contributed by atoms with Crippen molar-refractivity contribution in [3.8, 4) is 0 Å². The lowest BCUT2D eigenvalue weighted by atomic mass is 9.97. The summed E-state index contributed by atoms with van der Waals surface area (Å²) >= 11 is 6.23. The van der Waals surface area contributed by atoms with Gasteiger partial charge in [0.15, 0.2) is 0 Å². The number of hydrogen-bond acceptors (Lipinski definition) is 2. The molecule has 1 N–H and O–H groups in total. The van der Waals surface area contributed by atoms with Crippen LogP contribution in [0.3, 0.4) is 0 Å². The Labute approximate surface area is 114 Å². The summed E-state index contributed by atoms with van der Waals surface area (Å²) in [5, 5.41) is 4.32. The minimum Gasteiger partial charge on any atom is -0.319 e. The zero-order valence-corrected chi connectivity index (χ0v) is 11.8. The Morgan fingerprint density at radius 2 is 2.11 bits per heavy atom. The van der Waals surface area contributed by atoms with Crippen molar-refractivity contribution in [1.82, 2.24) is 14.9 Å². The number of nitrogens with one attached hydrogen (secondary N) is 1. The fraction of sp³-hybridized carbons (Fsp3) is 0.786. The average molecular weight is 268 g/mol. The maximum absolute atomic E-state index is 6.23. The van der Waals surface area contributed by atoms with Crippen LogP contribution in [0.15, 0.2) is 0 Å². The molecule has 3 rings (SSSR count). The number of rotatable bonds is 3. The van der Waals surface area contributed by atoms with Crippen LogP contribution < -0.4 is 5.32 Å². The van der Waals surface area contributed by atoms with E-state index < -0.39 is 0 Å². The Morgan fingerprint density at radius 3 is 2.89 bits per heavy atom. The van der Waals surface area contributed by atoms with Crippen LogP contribution in [0, 0.1) is 5.92 Å². The number of aromatic nitrogens is 2. The van der Waals surface area contributed by atoms with Crippen molar-refractivity contribution in [3.05, 3.63) is 16.7 Å². The first-order valence-corrected chi connectivity index (χ1v) is 7.59. The van der Waals surface area contributed by atoms with Gasteiger partial charge in [-0.2, -0.15) is 0 Å². The van der Waals surface area contributed by atoms with E-state index in [1.165, 1.54) is 43.5 Å². The molecule has 1 aliphatic carbocycles. The van der Waals surface area contributed by atoms with Crippen LogP contribution in [0.4, 0.5) is 0 Å². The number of fused-ring (bicyclic) bond motifs is 1. The summed E-state index contributed by atoms with van der Waals surface area (Å²) in [5.41, 5.74) is 2.54. The topological polar surface area (TPSA) is 29.9 Å². The molecule has 0 saturated heterocycles. The average Bonchev–Trinajstić information content (AvgIpc) is 2.95. The van der Waals surface area contributed by atoms with E-state index in [1.807, 2.05) is 0 Å². The third kappa shape index (κ3) is 2.43. The maximum Gasteiger partial charge on any atom is 0.203 e. The van der Waals surface area contributed by atoms with Crippen molar-refractivity contribution in [2.24, 2.45) is 5.92 Å². The molecule has 1 aromatic rings. The normalized spacial score (nSPS) is 24.4. The third-order valence-electron chi connectivity index (χ3n) is 4.41. The van der Waals surface area contributed by atoms with E-state index in [2.05, 4.69) is 21.8 Å². The minimum atomic E-state index is 0.681. The largest absolute Gasteiger partial charge is 0.319 e. The molecule has 2 aliphatic rings. The van der Waals surface area contributed by atoms with E-state index in [0.29, 0.717) is 11.3 Å². The summed E-state index contributed by atoms with van der Waals surface area (Å²) in [5.74, 6) is 0.760. The number of nitrogens with zero attached hydrogens (tertiary/aromatic N) is 2. The quantitative estimate of drug-likeness (QED) is 0.912. The van der Waals surface area contributed by atoms with E-state index in [-0.39, 0.29) is 0 Å². The monoisotopic (exact) mass is 267 g/mol. The SMILES string of the molecule is CC1CCn2c(Cl)nc(CNC3CCCC3)c2C1. The van der Waals surface area contributed by atoms with Crippen LogP contribution >= 0.6 is 11.6 Å². The highest BCUT2D eigenvalue weighted by Crippen LogP contribution is 2.27. The Kier molecular flexibility index (Phi) is 3.62. The summed E-state index contributed by atoms with van der Waals surface area (Å²) in [7, 11) is 0. The van der Waals surface area contributed by atoms with E-state index in [4.69, 9.17) is 11.6 Å². The molecule has 0 radical (unpaired) electrons. The van der Waals surface area contributed by atoms with E-state index >= 15 is 0 Å². The van der Waals surface area contributed by atoms with Crippen molar-refractivity contribution in [1.29, 1.82) is 0 Å². The van der Waals surface area contributed by atoms with Crippen molar-refractivity contribution in [3.63, 3.8) is 0 Å². The molecule has 4 heteroatoms. The van der Waals surface area contributed by atoms with Gasteiger partial charge >= 0.3 is 0 Å². The van der Waals surface area contributed by atoms with Crippen molar-refractivity contribution in [2.75, 3.05) is 0 Å². The highest BCUT2D eigenvalue weighted by atomic mass is 35.5. The molecule has 1 aromatic heterocycles. The standard InChI is InChI=1S/C14H22ClN3/c1-10-6-7-18-13(8-10)12(17-14(18)15)9-16-11-4-2-3-5-11/h10-11,16H,2-9H2,1H3. The van der Waals surface area contributed by atoms with Crippen LogP contribution in [0.2, 0.25) is 5.28 Å². The molecule has 1 atom stereocenters. The van der Waals surface area contributed by atoms with Gasteiger partial charge in [-0.3, -0.25) is 0 Å². The Morgan fingerprint density at radius 1 is 1.33 bits per heavy atom. The number of halogens is 1. The molecule has 100 valence electrons. The molecule has 3 nitrogen and oxygen atoms in total. The molecular weight excluding hydrogens is 246 g/mol. The number of imidazole rings is 1. The van der Waals surface area contributed by atoms with Gasteiger partial charge in [-0.05, 0) is 43.2 Å². The van der Waals surface area contributed by atoms with Gasteiger partial charge in [0.1, 0.15) is 0 Å². The molecule has 1 unspecified atom stereocenters. The van der Waals surface area contributed by atoms with Gasteiger partial charge in [-0.1, -0.05) is 19.8 Å². The van der Waals surface area contributed by atoms with Crippen molar-refractivity contribution >= 4 is 11.6 Å². The molecule has 1 fully saturated rings. The summed E-state index contributed by atoms with van der Waals surface area (Å²) in [6.45, 7) is 4.24. The van der Waals surface area contributed by atoms with Gasteiger partial charge in [0.25, 0.3) is 0 Å². The minimum absolute atomic E-state index is 0.681. The predicted molar refractivity (Wildman–Crippen MR) is 73.8 cm³/mol. The predicted octanol–water partition coefficient (Wildman–Crippen LogP) is 3.15. The van der Waals surface area contributed by atoms with Crippen LogP contribution in [-0.4, -0.2) is 15.6 Å². The van der Waals surface area contributed by atoms with E-state index in [9.17, 15) is 0 Å². The van der Waals surface area contributed by atoms with Crippen LogP contribution in [0.5, 0.6) is 0 Å². The molecule has 0 aromatic carbocycles. The molecular formula is C14H22ClN3. The fourth-order valence-corrected chi connectivity index (χ4v) is 3.54. The third-order valence-corrected chi connectivity index (χ3v) is 4.70.